The van der Waals surface area contributed by atoms with E-state index in [0.29, 0.717) is 24.2 Å². The summed E-state index contributed by atoms with van der Waals surface area (Å²) >= 11 is 0. The van der Waals surface area contributed by atoms with Gasteiger partial charge in [0.1, 0.15) is 13.2 Å². The molecule has 41 heavy (non-hydrogen) atoms. The standard InChI is InChI=1S/C30H32N6O5/c37-28(27(16-23-9-5-2-6-10-23)36-30(39)41-21-26-19-32-12-14-34-26)17-24(15-22-7-3-1-4-8-22)35-29(38)40-20-25-18-31-11-13-33-25/h1-14,18-19,24,27-28,37H,15-17,20-21H2,(H,35,38)(H,36,39). The third-order valence-electron chi connectivity index (χ3n) is 6.17. The molecule has 2 amide bonds. The highest BCUT2D eigenvalue weighted by atomic mass is 16.6. The Morgan fingerprint density at radius 3 is 1.73 bits per heavy atom. The quantitative estimate of drug-likeness (QED) is 0.225. The average Bonchev–Trinajstić information content (AvgIpc) is 3.01. The van der Waals surface area contributed by atoms with Crippen molar-refractivity contribution in [2.45, 2.75) is 50.7 Å². The fourth-order valence-electron chi connectivity index (χ4n) is 4.19. The summed E-state index contributed by atoms with van der Waals surface area (Å²) in [5.41, 5.74) is 2.89. The smallest absolute Gasteiger partial charge is 0.407 e. The van der Waals surface area contributed by atoms with Crippen molar-refractivity contribution in [1.82, 2.24) is 30.6 Å². The number of amides is 2. The summed E-state index contributed by atoms with van der Waals surface area (Å²) in [5.74, 6) is 0. The molecule has 0 aliphatic heterocycles. The van der Waals surface area contributed by atoms with Gasteiger partial charge in [-0.1, -0.05) is 60.7 Å². The first kappa shape index (κ1) is 29.1. The van der Waals surface area contributed by atoms with Crippen molar-refractivity contribution >= 4 is 12.2 Å². The van der Waals surface area contributed by atoms with Crippen molar-refractivity contribution in [2.75, 3.05) is 0 Å². The van der Waals surface area contributed by atoms with Gasteiger partial charge in [-0.25, -0.2) is 9.59 Å². The summed E-state index contributed by atoms with van der Waals surface area (Å²) < 4.78 is 10.7. The Morgan fingerprint density at radius 1 is 0.707 bits per heavy atom. The summed E-state index contributed by atoms with van der Waals surface area (Å²) in [7, 11) is 0. The summed E-state index contributed by atoms with van der Waals surface area (Å²) in [4.78, 5) is 41.5. The zero-order chi connectivity index (χ0) is 28.7. The highest BCUT2D eigenvalue weighted by Gasteiger charge is 2.27. The second-order valence-electron chi connectivity index (χ2n) is 9.32. The molecule has 11 heteroatoms. The average molecular weight is 557 g/mol. The fraction of sp³-hybridized carbons (Fsp3) is 0.267. The third kappa shape index (κ3) is 10.3. The Hall–Kier alpha value is -4.90. The van der Waals surface area contributed by atoms with E-state index < -0.39 is 30.4 Å². The molecule has 212 valence electrons. The van der Waals surface area contributed by atoms with Crippen LogP contribution in [0.4, 0.5) is 9.59 Å². The third-order valence-corrected chi connectivity index (χ3v) is 6.17. The van der Waals surface area contributed by atoms with Crippen molar-refractivity contribution in [3.8, 4) is 0 Å². The number of hydrogen-bond donors (Lipinski definition) is 3. The van der Waals surface area contributed by atoms with Crippen molar-refractivity contribution < 1.29 is 24.2 Å². The van der Waals surface area contributed by atoms with Crippen LogP contribution in [-0.2, 0) is 35.5 Å². The molecule has 3 N–H and O–H groups in total. The Bertz CT molecular complexity index is 1330. The van der Waals surface area contributed by atoms with Gasteiger partial charge in [-0.15, -0.1) is 0 Å². The van der Waals surface area contributed by atoms with Crippen molar-refractivity contribution in [3.05, 3.63) is 120 Å². The van der Waals surface area contributed by atoms with Crippen LogP contribution in [0.1, 0.15) is 28.9 Å². The van der Waals surface area contributed by atoms with E-state index in [2.05, 4.69) is 30.6 Å². The molecule has 11 nitrogen and oxygen atoms in total. The Kier molecular flexibility index (Phi) is 11.1. The summed E-state index contributed by atoms with van der Waals surface area (Å²) in [5, 5.41) is 17.0. The van der Waals surface area contributed by atoms with E-state index in [9.17, 15) is 14.7 Å². The van der Waals surface area contributed by atoms with Crippen LogP contribution in [0.3, 0.4) is 0 Å². The highest BCUT2D eigenvalue weighted by molar-refractivity contribution is 5.68. The van der Waals surface area contributed by atoms with Gasteiger partial charge in [0.05, 0.1) is 35.9 Å². The minimum atomic E-state index is -1.03. The fourth-order valence-corrected chi connectivity index (χ4v) is 4.19. The van der Waals surface area contributed by atoms with Crippen molar-refractivity contribution in [2.24, 2.45) is 0 Å². The normalized spacial score (nSPS) is 12.9. The van der Waals surface area contributed by atoms with E-state index >= 15 is 0 Å². The Labute approximate surface area is 238 Å². The van der Waals surface area contributed by atoms with Gasteiger partial charge >= 0.3 is 12.2 Å². The number of nitrogens with zero attached hydrogens (tertiary/aromatic N) is 4. The van der Waals surface area contributed by atoms with Crippen molar-refractivity contribution in [1.29, 1.82) is 0 Å². The number of hydrogen-bond acceptors (Lipinski definition) is 9. The molecule has 3 atom stereocenters. The first-order valence-corrected chi connectivity index (χ1v) is 13.2. The molecule has 0 saturated carbocycles. The van der Waals surface area contributed by atoms with E-state index in [1.165, 1.54) is 37.2 Å². The number of benzene rings is 2. The minimum Gasteiger partial charge on any atom is -0.443 e. The number of aliphatic hydroxyl groups is 1. The molecule has 2 aromatic heterocycles. The highest BCUT2D eigenvalue weighted by Crippen LogP contribution is 2.15. The number of alkyl carbamates (subject to hydrolysis) is 2. The second-order valence-corrected chi connectivity index (χ2v) is 9.32. The molecule has 4 rings (SSSR count). The lowest BCUT2D eigenvalue weighted by atomic mass is 9.94. The molecule has 2 heterocycles. The van der Waals surface area contributed by atoms with Gasteiger partial charge in [-0.2, -0.15) is 0 Å². The first-order chi connectivity index (χ1) is 20.0. The van der Waals surface area contributed by atoms with Crippen LogP contribution in [-0.4, -0.2) is 55.4 Å². The maximum atomic E-state index is 12.7. The minimum absolute atomic E-state index is 0.0455. The molecular formula is C30H32N6O5. The molecular weight excluding hydrogens is 524 g/mol. The monoisotopic (exact) mass is 556 g/mol. The van der Waals surface area contributed by atoms with E-state index in [4.69, 9.17) is 9.47 Å². The number of aliphatic hydroxyl groups excluding tert-OH is 1. The lowest BCUT2D eigenvalue weighted by Crippen LogP contribution is -2.48. The van der Waals surface area contributed by atoms with Gasteiger partial charge in [0, 0.05) is 30.8 Å². The molecule has 0 aliphatic carbocycles. The maximum absolute atomic E-state index is 12.7. The molecule has 0 fully saturated rings. The van der Waals surface area contributed by atoms with E-state index in [0.717, 1.165) is 11.1 Å². The van der Waals surface area contributed by atoms with E-state index in [1.54, 1.807) is 0 Å². The first-order valence-electron chi connectivity index (χ1n) is 13.2. The van der Waals surface area contributed by atoms with Gasteiger partial charge in [0.2, 0.25) is 0 Å². The number of carbonyl (C=O) groups excluding carboxylic acids is 2. The molecule has 4 aromatic rings. The lowest BCUT2D eigenvalue weighted by Gasteiger charge is -2.28. The van der Waals surface area contributed by atoms with Crippen LogP contribution >= 0.6 is 0 Å². The summed E-state index contributed by atoms with van der Waals surface area (Å²) in [6.45, 7) is -0.111. The Morgan fingerprint density at radius 2 is 1.22 bits per heavy atom. The SMILES string of the molecule is O=C(NC(Cc1ccccc1)CC(O)C(Cc1ccccc1)NC(=O)OCc1cnccn1)OCc1cnccn1. The molecule has 0 bridgehead atoms. The zero-order valence-electron chi connectivity index (χ0n) is 22.4. The summed E-state index contributed by atoms with van der Waals surface area (Å²) in [6, 6.07) is 17.9. The van der Waals surface area contributed by atoms with Crippen LogP contribution < -0.4 is 10.6 Å². The van der Waals surface area contributed by atoms with Crippen LogP contribution in [0.25, 0.3) is 0 Å². The maximum Gasteiger partial charge on any atom is 0.407 e. The predicted octanol–water partition coefficient (Wildman–Crippen LogP) is 3.39. The Balaban J connectivity index is 1.43. The number of ether oxygens (including phenoxy) is 2. The molecule has 0 saturated heterocycles. The van der Waals surface area contributed by atoms with Crippen molar-refractivity contribution in [3.63, 3.8) is 0 Å². The van der Waals surface area contributed by atoms with Crippen LogP contribution in [0, 0.1) is 0 Å². The van der Waals surface area contributed by atoms with E-state index in [-0.39, 0.29) is 19.6 Å². The van der Waals surface area contributed by atoms with Crippen LogP contribution in [0.2, 0.25) is 0 Å². The number of nitrogens with one attached hydrogen (secondary N) is 2. The topological polar surface area (TPSA) is 148 Å². The second kappa shape index (κ2) is 15.6. The van der Waals surface area contributed by atoms with Gasteiger partial charge in [-0.3, -0.25) is 19.9 Å². The molecule has 0 radical (unpaired) electrons. The number of aromatic nitrogens is 4. The molecule has 3 unspecified atom stereocenters. The largest absolute Gasteiger partial charge is 0.443 e. The zero-order valence-corrected chi connectivity index (χ0v) is 22.4. The summed E-state index contributed by atoms with van der Waals surface area (Å²) in [6.07, 6.45) is 7.64. The predicted molar refractivity (Wildman–Crippen MR) is 149 cm³/mol. The molecule has 0 spiro atoms. The number of carbonyl (C=O) groups is 2. The van der Waals surface area contributed by atoms with Gasteiger partial charge < -0.3 is 25.2 Å². The van der Waals surface area contributed by atoms with Gasteiger partial charge in [-0.05, 0) is 30.4 Å². The molecule has 0 aliphatic rings. The number of rotatable bonds is 13. The lowest BCUT2D eigenvalue weighted by molar-refractivity contribution is 0.0856. The molecule has 2 aromatic carbocycles. The van der Waals surface area contributed by atoms with E-state index in [1.807, 2.05) is 60.7 Å². The van der Waals surface area contributed by atoms with Crippen LogP contribution in [0.15, 0.2) is 97.8 Å². The van der Waals surface area contributed by atoms with Gasteiger partial charge in [0.15, 0.2) is 0 Å². The van der Waals surface area contributed by atoms with Gasteiger partial charge in [0.25, 0.3) is 0 Å². The van der Waals surface area contributed by atoms with Crippen LogP contribution in [0.5, 0.6) is 0 Å².